The van der Waals surface area contributed by atoms with Crippen molar-refractivity contribution in [1.29, 1.82) is 0 Å². The largest absolute Gasteiger partial charge is 0.392 e. The van der Waals surface area contributed by atoms with E-state index in [0.717, 1.165) is 5.56 Å². The number of nitrogens with zero attached hydrogens (tertiary/aromatic N) is 1. The summed E-state index contributed by atoms with van der Waals surface area (Å²) in [5.74, 6) is -0.115. The number of hydrogen-bond acceptors (Lipinski definition) is 4. The number of aliphatic hydroxyl groups is 1. The predicted octanol–water partition coefficient (Wildman–Crippen LogP) is 1.75. The SMILES string of the molecule is CC(NS(=O)(=O)Cc1cccc(CO)c1)c1ccncc1. The van der Waals surface area contributed by atoms with E-state index in [-0.39, 0.29) is 18.4 Å². The van der Waals surface area contributed by atoms with Gasteiger partial charge in [-0.3, -0.25) is 4.98 Å². The zero-order valence-electron chi connectivity index (χ0n) is 11.7. The summed E-state index contributed by atoms with van der Waals surface area (Å²) in [5, 5.41) is 9.08. The number of aliphatic hydroxyl groups excluding tert-OH is 1. The van der Waals surface area contributed by atoms with E-state index in [1.165, 1.54) is 0 Å². The van der Waals surface area contributed by atoms with Gasteiger partial charge in [-0.25, -0.2) is 13.1 Å². The number of aromatic nitrogens is 1. The number of sulfonamides is 1. The van der Waals surface area contributed by atoms with Crippen LogP contribution in [0.4, 0.5) is 0 Å². The Morgan fingerprint density at radius 1 is 1.19 bits per heavy atom. The minimum atomic E-state index is -3.46. The first-order valence-electron chi connectivity index (χ1n) is 6.59. The quantitative estimate of drug-likeness (QED) is 0.852. The second kappa shape index (κ2) is 6.80. The molecule has 5 nitrogen and oxygen atoms in total. The van der Waals surface area contributed by atoms with E-state index in [4.69, 9.17) is 5.11 Å². The average Bonchev–Trinajstić information content (AvgIpc) is 2.47. The fourth-order valence-corrected chi connectivity index (χ4v) is 3.44. The summed E-state index contributed by atoms with van der Waals surface area (Å²) in [6.07, 6.45) is 3.26. The van der Waals surface area contributed by atoms with Crippen LogP contribution in [-0.4, -0.2) is 18.5 Å². The molecule has 0 aliphatic rings. The van der Waals surface area contributed by atoms with Crippen molar-refractivity contribution in [2.75, 3.05) is 0 Å². The number of pyridine rings is 1. The molecule has 1 heterocycles. The average molecular weight is 306 g/mol. The van der Waals surface area contributed by atoms with Gasteiger partial charge in [0.1, 0.15) is 0 Å². The molecule has 2 rings (SSSR count). The molecule has 2 N–H and O–H groups in total. The maximum atomic E-state index is 12.2. The molecule has 0 bridgehead atoms. The van der Waals surface area contributed by atoms with E-state index >= 15 is 0 Å². The molecule has 0 amide bonds. The van der Waals surface area contributed by atoms with E-state index in [0.29, 0.717) is 11.1 Å². The fraction of sp³-hybridized carbons (Fsp3) is 0.267. The molecule has 1 aromatic heterocycles. The van der Waals surface area contributed by atoms with Gasteiger partial charge in [-0.15, -0.1) is 0 Å². The highest BCUT2D eigenvalue weighted by Gasteiger charge is 2.16. The Morgan fingerprint density at radius 3 is 2.52 bits per heavy atom. The molecular weight excluding hydrogens is 288 g/mol. The zero-order valence-corrected chi connectivity index (χ0v) is 12.5. The first kappa shape index (κ1) is 15.6. The van der Waals surface area contributed by atoms with Crippen LogP contribution in [0.15, 0.2) is 48.8 Å². The Labute approximate surface area is 124 Å². The normalized spacial score (nSPS) is 13.0. The third-order valence-electron chi connectivity index (χ3n) is 3.09. The molecule has 112 valence electrons. The predicted molar refractivity (Wildman–Crippen MR) is 80.8 cm³/mol. The molecule has 0 radical (unpaired) electrons. The first-order chi connectivity index (χ1) is 10.00. The second-order valence-corrected chi connectivity index (χ2v) is 6.61. The van der Waals surface area contributed by atoms with Crippen LogP contribution < -0.4 is 4.72 Å². The lowest BCUT2D eigenvalue weighted by Gasteiger charge is -2.14. The number of nitrogens with one attached hydrogen (secondary N) is 1. The van der Waals surface area contributed by atoms with Crippen molar-refractivity contribution < 1.29 is 13.5 Å². The van der Waals surface area contributed by atoms with Crippen molar-refractivity contribution in [1.82, 2.24) is 9.71 Å². The third kappa shape index (κ3) is 4.63. The first-order valence-corrected chi connectivity index (χ1v) is 8.24. The maximum Gasteiger partial charge on any atom is 0.216 e. The summed E-state index contributed by atoms with van der Waals surface area (Å²) in [7, 11) is -3.46. The van der Waals surface area contributed by atoms with Gasteiger partial charge in [0.05, 0.1) is 12.4 Å². The van der Waals surface area contributed by atoms with E-state index in [1.54, 1.807) is 55.7 Å². The van der Waals surface area contributed by atoms with Crippen LogP contribution in [0, 0.1) is 0 Å². The van der Waals surface area contributed by atoms with Crippen LogP contribution in [0.3, 0.4) is 0 Å². The van der Waals surface area contributed by atoms with Crippen molar-refractivity contribution in [3.8, 4) is 0 Å². The molecule has 6 heteroatoms. The van der Waals surface area contributed by atoms with Crippen LogP contribution in [0.1, 0.15) is 29.7 Å². The van der Waals surface area contributed by atoms with Crippen molar-refractivity contribution >= 4 is 10.0 Å². The Hall–Kier alpha value is -1.76. The molecule has 0 saturated carbocycles. The van der Waals surface area contributed by atoms with E-state index in [2.05, 4.69) is 9.71 Å². The standard InChI is InChI=1S/C15H18N2O3S/c1-12(15-5-7-16-8-6-15)17-21(19,20)11-14-4-2-3-13(9-14)10-18/h2-9,12,17-18H,10-11H2,1H3. The van der Waals surface area contributed by atoms with Crippen LogP contribution >= 0.6 is 0 Å². The number of benzene rings is 1. The lowest BCUT2D eigenvalue weighted by molar-refractivity contribution is 0.282. The van der Waals surface area contributed by atoms with Gasteiger partial charge in [0.2, 0.25) is 10.0 Å². The monoisotopic (exact) mass is 306 g/mol. The van der Waals surface area contributed by atoms with E-state index < -0.39 is 10.0 Å². The maximum absolute atomic E-state index is 12.2. The molecule has 0 saturated heterocycles. The molecule has 1 atom stereocenters. The molecule has 2 aromatic rings. The highest BCUT2D eigenvalue weighted by Crippen LogP contribution is 2.14. The Bertz CT molecular complexity index is 687. The van der Waals surface area contributed by atoms with Crippen molar-refractivity contribution in [3.63, 3.8) is 0 Å². The van der Waals surface area contributed by atoms with Crippen LogP contribution in [0.25, 0.3) is 0 Å². The van der Waals surface area contributed by atoms with E-state index in [9.17, 15) is 8.42 Å². The molecular formula is C15H18N2O3S. The van der Waals surface area contributed by atoms with Gasteiger partial charge in [-0.05, 0) is 35.7 Å². The van der Waals surface area contributed by atoms with E-state index in [1.807, 2.05) is 0 Å². The Balaban J connectivity index is 2.08. The topological polar surface area (TPSA) is 79.3 Å². The highest BCUT2D eigenvalue weighted by atomic mass is 32.2. The molecule has 1 unspecified atom stereocenters. The van der Waals surface area contributed by atoms with Gasteiger partial charge < -0.3 is 5.11 Å². The number of rotatable bonds is 6. The molecule has 0 aliphatic carbocycles. The Kier molecular flexibility index (Phi) is 5.06. The van der Waals surface area contributed by atoms with Crippen LogP contribution in [-0.2, 0) is 22.4 Å². The second-order valence-electron chi connectivity index (χ2n) is 4.86. The third-order valence-corrected chi connectivity index (χ3v) is 4.52. The fourth-order valence-electron chi connectivity index (χ4n) is 2.07. The molecule has 0 fully saturated rings. The zero-order chi connectivity index (χ0) is 15.3. The number of hydrogen-bond donors (Lipinski definition) is 2. The van der Waals surface area contributed by atoms with Gasteiger partial charge in [-0.1, -0.05) is 24.3 Å². The molecule has 0 spiro atoms. The highest BCUT2D eigenvalue weighted by molar-refractivity contribution is 7.88. The van der Waals surface area contributed by atoms with Crippen LogP contribution in [0.2, 0.25) is 0 Å². The minimum absolute atomic E-state index is 0.102. The van der Waals surface area contributed by atoms with Gasteiger partial charge in [0, 0.05) is 18.4 Å². The van der Waals surface area contributed by atoms with Crippen molar-refractivity contribution in [2.24, 2.45) is 0 Å². The van der Waals surface area contributed by atoms with Crippen molar-refractivity contribution in [3.05, 3.63) is 65.5 Å². The molecule has 21 heavy (non-hydrogen) atoms. The molecule has 1 aromatic carbocycles. The van der Waals surface area contributed by atoms with Gasteiger partial charge >= 0.3 is 0 Å². The van der Waals surface area contributed by atoms with Gasteiger partial charge in [0.25, 0.3) is 0 Å². The van der Waals surface area contributed by atoms with Gasteiger partial charge in [-0.2, -0.15) is 0 Å². The summed E-state index contributed by atoms with van der Waals surface area (Å²) >= 11 is 0. The lowest BCUT2D eigenvalue weighted by Crippen LogP contribution is -2.28. The summed E-state index contributed by atoms with van der Waals surface area (Å²) < 4.78 is 27.0. The van der Waals surface area contributed by atoms with Crippen LogP contribution in [0.5, 0.6) is 0 Å². The molecule has 0 aliphatic heterocycles. The summed E-state index contributed by atoms with van der Waals surface area (Å²) in [6.45, 7) is 1.69. The summed E-state index contributed by atoms with van der Waals surface area (Å²) in [5.41, 5.74) is 2.21. The smallest absolute Gasteiger partial charge is 0.216 e. The summed E-state index contributed by atoms with van der Waals surface area (Å²) in [4.78, 5) is 3.91. The summed E-state index contributed by atoms with van der Waals surface area (Å²) in [6, 6.07) is 10.1. The lowest BCUT2D eigenvalue weighted by atomic mass is 10.1. The van der Waals surface area contributed by atoms with Crippen molar-refractivity contribution in [2.45, 2.75) is 25.3 Å². The minimum Gasteiger partial charge on any atom is -0.392 e. The van der Waals surface area contributed by atoms with Gasteiger partial charge in [0.15, 0.2) is 0 Å². The Morgan fingerprint density at radius 2 is 1.86 bits per heavy atom.